The van der Waals surface area contributed by atoms with E-state index in [1.165, 1.54) is 0 Å². The van der Waals surface area contributed by atoms with Crippen LogP contribution in [0.5, 0.6) is 0 Å². The molecule has 0 aliphatic carbocycles. The second-order valence-corrected chi connectivity index (χ2v) is 7.29. The predicted octanol–water partition coefficient (Wildman–Crippen LogP) is 7.08. The van der Waals surface area contributed by atoms with Gasteiger partial charge in [0.25, 0.3) is 0 Å². The van der Waals surface area contributed by atoms with E-state index in [1.54, 1.807) is 0 Å². The van der Waals surface area contributed by atoms with Gasteiger partial charge in [0.1, 0.15) is 32.5 Å². The van der Waals surface area contributed by atoms with E-state index in [9.17, 15) is 52.7 Å². The second kappa shape index (κ2) is 13.9. The molecule has 0 aromatic rings. The fourth-order valence-corrected chi connectivity index (χ4v) is 2.62. The lowest BCUT2D eigenvalue weighted by Crippen LogP contribution is -2.55. The zero-order chi connectivity index (χ0) is 26.7. The number of hydrogen-bond acceptors (Lipinski definition) is 4. The number of hydrogen-bond donors (Lipinski definition) is 0. The molecule has 206 valence electrons. The van der Waals surface area contributed by atoms with Gasteiger partial charge in [0, 0.05) is 0 Å². The molecule has 16 heteroatoms. The standard InChI is InChI=1S/C18H26F12O4/c1-2-3-4-5-6-7-8-13(31-9-14(19,20)21)18(32-10-15(22,23)24,33-11-16(25,26)27)34-12-17(28,29)30/h13H,2-12H2,1H3. The van der Waals surface area contributed by atoms with Crippen LogP contribution in [0.4, 0.5) is 52.7 Å². The summed E-state index contributed by atoms with van der Waals surface area (Å²) in [5, 5.41) is 0. The average Bonchev–Trinajstić information content (AvgIpc) is 2.64. The fraction of sp³-hybridized carbons (Fsp3) is 1.00. The van der Waals surface area contributed by atoms with Crippen LogP contribution in [0, 0.1) is 0 Å². The van der Waals surface area contributed by atoms with E-state index in [-0.39, 0.29) is 12.8 Å². The number of ether oxygens (including phenoxy) is 4. The van der Waals surface area contributed by atoms with Crippen LogP contribution in [0.3, 0.4) is 0 Å². The van der Waals surface area contributed by atoms with E-state index in [0.29, 0.717) is 12.8 Å². The van der Waals surface area contributed by atoms with Gasteiger partial charge in [0.15, 0.2) is 0 Å². The number of unbranched alkanes of at least 4 members (excludes halogenated alkanes) is 5. The van der Waals surface area contributed by atoms with Crippen LogP contribution in [0.1, 0.15) is 51.9 Å². The van der Waals surface area contributed by atoms with Crippen LogP contribution in [0.2, 0.25) is 0 Å². The zero-order valence-electron chi connectivity index (χ0n) is 18.0. The molecule has 34 heavy (non-hydrogen) atoms. The van der Waals surface area contributed by atoms with Crippen LogP contribution in [0.25, 0.3) is 0 Å². The summed E-state index contributed by atoms with van der Waals surface area (Å²) in [4.78, 5) is 0. The van der Waals surface area contributed by atoms with Gasteiger partial charge in [-0.2, -0.15) is 52.7 Å². The molecule has 1 atom stereocenters. The van der Waals surface area contributed by atoms with Gasteiger partial charge >= 0.3 is 30.7 Å². The van der Waals surface area contributed by atoms with Crippen LogP contribution in [0.15, 0.2) is 0 Å². The van der Waals surface area contributed by atoms with Gasteiger partial charge in [-0.15, -0.1) is 0 Å². The molecule has 0 amide bonds. The van der Waals surface area contributed by atoms with Gasteiger partial charge in [0.2, 0.25) is 0 Å². The zero-order valence-corrected chi connectivity index (χ0v) is 18.0. The van der Waals surface area contributed by atoms with Gasteiger partial charge in [-0.25, -0.2) is 0 Å². The maximum Gasteiger partial charge on any atom is 0.412 e. The van der Waals surface area contributed by atoms with Crippen molar-refractivity contribution < 1.29 is 71.6 Å². The van der Waals surface area contributed by atoms with Crippen molar-refractivity contribution in [3.63, 3.8) is 0 Å². The van der Waals surface area contributed by atoms with E-state index in [0.717, 1.165) is 12.8 Å². The summed E-state index contributed by atoms with van der Waals surface area (Å²) in [5.41, 5.74) is 0. The molecule has 0 spiro atoms. The Hall–Kier alpha value is -1.00. The van der Waals surface area contributed by atoms with E-state index >= 15 is 0 Å². The smallest absolute Gasteiger partial charge is 0.360 e. The Bertz CT molecular complexity index is 497. The third-order valence-corrected chi connectivity index (χ3v) is 3.97. The molecular weight excluding hydrogens is 508 g/mol. The Kier molecular flexibility index (Phi) is 13.5. The fourth-order valence-electron chi connectivity index (χ4n) is 2.62. The Morgan fingerprint density at radius 3 is 1.21 bits per heavy atom. The molecule has 4 nitrogen and oxygen atoms in total. The van der Waals surface area contributed by atoms with Crippen molar-refractivity contribution in [3.8, 4) is 0 Å². The molecule has 0 rings (SSSR count). The molecule has 0 aliphatic rings. The lowest BCUT2D eigenvalue weighted by molar-refractivity contribution is -0.454. The summed E-state index contributed by atoms with van der Waals surface area (Å²) in [5.74, 6) is -3.88. The summed E-state index contributed by atoms with van der Waals surface area (Å²) in [7, 11) is 0. The molecule has 0 saturated carbocycles. The van der Waals surface area contributed by atoms with Gasteiger partial charge in [-0.3, -0.25) is 0 Å². The molecule has 0 N–H and O–H groups in total. The van der Waals surface area contributed by atoms with Crippen LogP contribution in [-0.2, 0) is 18.9 Å². The molecule has 0 heterocycles. The van der Waals surface area contributed by atoms with Crippen molar-refractivity contribution in [2.75, 3.05) is 26.4 Å². The first-order chi connectivity index (χ1) is 15.3. The summed E-state index contributed by atoms with van der Waals surface area (Å²) in [6, 6.07) is 0. The molecule has 0 aromatic carbocycles. The Morgan fingerprint density at radius 1 is 0.500 bits per heavy atom. The van der Waals surface area contributed by atoms with Crippen LogP contribution in [-0.4, -0.2) is 63.2 Å². The van der Waals surface area contributed by atoms with Crippen molar-refractivity contribution in [1.82, 2.24) is 0 Å². The topological polar surface area (TPSA) is 36.9 Å². The van der Waals surface area contributed by atoms with Crippen molar-refractivity contribution >= 4 is 0 Å². The van der Waals surface area contributed by atoms with Crippen molar-refractivity contribution in [3.05, 3.63) is 0 Å². The molecule has 0 radical (unpaired) electrons. The first-order valence-corrected chi connectivity index (χ1v) is 10.1. The van der Waals surface area contributed by atoms with Crippen molar-refractivity contribution in [1.29, 1.82) is 0 Å². The van der Waals surface area contributed by atoms with Crippen LogP contribution >= 0.6 is 0 Å². The lowest BCUT2D eigenvalue weighted by atomic mass is 10.1. The minimum Gasteiger partial charge on any atom is -0.360 e. The normalized spacial score (nSPS) is 15.1. The van der Waals surface area contributed by atoms with Gasteiger partial charge < -0.3 is 18.9 Å². The Balaban J connectivity index is 5.99. The highest BCUT2D eigenvalue weighted by Crippen LogP contribution is 2.34. The average molecular weight is 534 g/mol. The molecule has 0 aromatic heterocycles. The molecule has 0 saturated heterocycles. The van der Waals surface area contributed by atoms with Crippen molar-refractivity contribution in [2.45, 2.75) is 88.7 Å². The number of alkyl halides is 12. The van der Waals surface area contributed by atoms with Gasteiger partial charge in [-0.05, 0) is 6.42 Å². The van der Waals surface area contributed by atoms with Crippen molar-refractivity contribution in [2.24, 2.45) is 0 Å². The third kappa shape index (κ3) is 17.4. The third-order valence-electron chi connectivity index (χ3n) is 3.97. The summed E-state index contributed by atoms with van der Waals surface area (Å²) < 4.78 is 169. The molecule has 0 fully saturated rings. The summed E-state index contributed by atoms with van der Waals surface area (Å²) in [6.45, 7) is -7.78. The maximum atomic E-state index is 12.7. The van der Waals surface area contributed by atoms with Gasteiger partial charge in [0.05, 0.1) is 0 Å². The minimum absolute atomic E-state index is 0.131. The number of rotatable bonds is 16. The Morgan fingerprint density at radius 2 is 0.853 bits per heavy atom. The first-order valence-electron chi connectivity index (χ1n) is 10.1. The summed E-state index contributed by atoms with van der Waals surface area (Å²) >= 11 is 0. The van der Waals surface area contributed by atoms with E-state index in [1.807, 2.05) is 6.92 Å². The number of halogens is 12. The monoisotopic (exact) mass is 534 g/mol. The highest BCUT2D eigenvalue weighted by Gasteiger charge is 2.51. The second-order valence-electron chi connectivity index (χ2n) is 7.29. The largest absolute Gasteiger partial charge is 0.412 e. The first kappa shape index (κ1) is 33.0. The molecule has 1 unspecified atom stereocenters. The van der Waals surface area contributed by atoms with Gasteiger partial charge in [-0.1, -0.05) is 45.4 Å². The molecular formula is C18H26F12O4. The quantitative estimate of drug-likeness (QED) is 0.121. The predicted molar refractivity (Wildman–Crippen MR) is 92.5 cm³/mol. The molecule has 0 aliphatic heterocycles. The lowest BCUT2D eigenvalue weighted by Gasteiger charge is -2.39. The highest BCUT2D eigenvalue weighted by atomic mass is 19.4. The molecule has 0 bridgehead atoms. The highest BCUT2D eigenvalue weighted by molar-refractivity contribution is 4.76. The minimum atomic E-state index is -5.30. The van der Waals surface area contributed by atoms with E-state index in [2.05, 4.69) is 18.9 Å². The van der Waals surface area contributed by atoms with E-state index in [4.69, 9.17) is 0 Å². The SMILES string of the molecule is CCCCCCCCC(OCC(F)(F)F)C(OCC(F)(F)F)(OCC(F)(F)F)OCC(F)(F)F. The van der Waals surface area contributed by atoms with E-state index < -0.39 is 69.6 Å². The summed E-state index contributed by atoms with van der Waals surface area (Å²) in [6.07, 6.45) is -21.4. The maximum absolute atomic E-state index is 12.7. The Labute approximate surface area is 187 Å². The van der Waals surface area contributed by atoms with Crippen LogP contribution < -0.4 is 0 Å².